The molecule has 0 saturated heterocycles. The van der Waals surface area contributed by atoms with Gasteiger partial charge in [-0.25, -0.2) is 4.98 Å². The molecule has 0 unspecified atom stereocenters. The maximum atomic E-state index is 5.40. The second kappa shape index (κ2) is 7.71. The summed E-state index contributed by atoms with van der Waals surface area (Å²) in [6.07, 6.45) is 7.68. The predicted octanol–water partition coefficient (Wildman–Crippen LogP) is 4.92. The zero-order valence-corrected chi connectivity index (χ0v) is 15.5. The van der Waals surface area contributed by atoms with Crippen LogP contribution in [0, 0.1) is 6.92 Å². The average molecular weight is 421 g/mol. The van der Waals surface area contributed by atoms with E-state index in [4.69, 9.17) is 12.2 Å². The first kappa shape index (κ1) is 16.2. The molecule has 0 amide bonds. The fourth-order valence-electron chi connectivity index (χ4n) is 2.40. The molecule has 20 heavy (non-hydrogen) atoms. The molecule has 1 aromatic heterocycles. The molecule has 2 rings (SSSR count). The van der Waals surface area contributed by atoms with Crippen molar-refractivity contribution in [3.05, 3.63) is 20.7 Å². The highest BCUT2D eigenvalue weighted by molar-refractivity contribution is 9.11. The minimum atomic E-state index is 0.493. The Kier molecular flexibility index (Phi) is 6.23. The molecule has 1 heterocycles. The number of halogens is 2. The number of pyridine rings is 1. The molecule has 0 spiro atoms. The number of hydrogen-bond acceptors (Lipinski definition) is 2. The van der Waals surface area contributed by atoms with Crippen LogP contribution in [-0.2, 0) is 0 Å². The van der Waals surface area contributed by atoms with Gasteiger partial charge >= 0.3 is 0 Å². The molecule has 1 aliphatic carbocycles. The van der Waals surface area contributed by atoms with Crippen LogP contribution < -0.4 is 10.6 Å². The number of nitrogens with zero attached hydrogens (tertiary/aromatic N) is 1. The van der Waals surface area contributed by atoms with Crippen LogP contribution in [0.15, 0.2) is 15.0 Å². The lowest BCUT2D eigenvalue weighted by molar-refractivity contribution is 0.535. The third-order valence-corrected chi connectivity index (χ3v) is 5.15. The lowest BCUT2D eigenvalue weighted by atomic mass is 10.1. The minimum absolute atomic E-state index is 0.493. The molecule has 1 fully saturated rings. The molecule has 0 aromatic carbocycles. The monoisotopic (exact) mass is 419 g/mol. The van der Waals surface area contributed by atoms with Crippen molar-refractivity contribution in [2.24, 2.45) is 0 Å². The third kappa shape index (κ3) is 4.67. The Balaban J connectivity index is 1.95. The van der Waals surface area contributed by atoms with Gasteiger partial charge < -0.3 is 10.6 Å². The summed E-state index contributed by atoms with van der Waals surface area (Å²) in [5, 5.41) is 7.26. The van der Waals surface area contributed by atoms with Crippen LogP contribution in [0.2, 0.25) is 0 Å². The van der Waals surface area contributed by atoms with Gasteiger partial charge in [-0.2, -0.15) is 0 Å². The first-order valence-corrected chi connectivity index (χ1v) is 8.96. The van der Waals surface area contributed by atoms with Crippen LogP contribution in [0.3, 0.4) is 0 Å². The second-order valence-electron chi connectivity index (χ2n) is 5.17. The summed E-state index contributed by atoms with van der Waals surface area (Å²) >= 11 is 12.4. The zero-order chi connectivity index (χ0) is 14.5. The number of aryl methyl sites for hydroxylation is 1. The molecule has 110 valence electrons. The van der Waals surface area contributed by atoms with E-state index in [0.717, 1.165) is 20.5 Å². The summed E-state index contributed by atoms with van der Waals surface area (Å²) in [6, 6.07) is 2.48. The van der Waals surface area contributed by atoms with E-state index in [1.54, 1.807) is 0 Å². The van der Waals surface area contributed by atoms with E-state index < -0.39 is 0 Å². The summed E-state index contributed by atoms with van der Waals surface area (Å²) in [5.74, 6) is 0.761. The molecule has 1 aliphatic rings. The van der Waals surface area contributed by atoms with Gasteiger partial charge in [-0.1, -0.05) is 25.7 Å². The molecule has 3 nitrogen and oxygen atoms in total. The summed E-state index contributed by atoms with van der Waals surface area (Å²) in [5.41, 5.74) is 0.938. The van der Waals surface area contributed by atoms with E-state index in [-0.39, 0.29) is 0 Å². The van der Waals surface area contributed by atoms with Crippen molar-refractivity contribution in [1.29, 1.82) is 0 Å². The predicted molar refractivity (Wildman–Crippen MR) is 95.2 cm³/mol. The number of nitrogens with one attached hydrogen (secondary N) is 2. The highest BCUT2D eigenvalue weighted by atomic mass is 79.9. The van der Waals surface area contributed by atoms with Crippen molar-refractivity contribution < 1.29 is 0 Å². The maximum absolute atomic E-state index is 5.40. The van der Waals surface area contributed by atoms with Crippen LogP contribution in [0.1, 0.15) is 44.2 Å². The summed E-state index contributed by atoms with van der Waals surface area (Å²) < 4.78 is 1.89. The van der Waals surface area contributed by atoms with Crippen molar-refractivity contribution >= 4 is 55.0 Å². The van der Waals surface area contributed by atoms with Crippen LogP contribution in [0.25, 0.3) is 0 Å². The smallest absolute Gasteiger partial charge is 0.172 e. The second-order valence-corrected chi connectivity index (χ2v) is 7.29. The molecular formula is C14H19Br2N3S. The number of aromatic nitrogens is 1. The van der Waals surface area contributed by atoms with Gasteiger partial charge in [0.05, 0.1) is 10.2 Å². The molecule has 6 heteroatoms. The molecule has 1 aromatic rings. The topological polar surface area (TPSA) is 37.0 Å². The van der Waals surface area contributed by atoms with Crippen molar-refractivity contribution in [3.63, 3.8) is 0 Å². The lowest BCUT2D eigenvalue weighted by Crippen LogP contribution is -2.37. The molecule has 1 saturated carbocycles. The van der Waals surface area contributed by atoms with Gasteiger partial charge in [-0.3, -0.25) is 0 Å². The van der Waals surface area contributed by atoms with Crippen molar-refractivity contribution in [2.45, 2.75) is 51.5 Å². The maximum Gasteiger partial charge on any atom is 0.172 e. The van der Waals surface area contributed by atoms with Crippen molar-refractivity contribution in [3.8, 4) is 0 Å². The van der Waals surface area contributed by atoms with Gasteiger partial charge in [0.2, 0.25) is 0 Å². The van der Waals surface area contributed by atoms with E-state index in [2.05, 4.69) is 47.5 Å². The number of hydrogen-bond donors (Lipinski definition) is 2. The highest BCUT2D eigenvalue weighted by Crippen LogP contribution is 2.26. The Morgan fingerprint density at radius 1 is 1.20 bits per heavy atom. The Hall–Kier alpha value is -0.200. The highest BCUT2D eigenvalue weighted by Gasteiger charge is 2.14. The summed E-state index contributed by atoms with van der Waals surface area (Å²) in [4.78, 5) is 4.49. The Labute approximate surface area is 142 Å². The van der Waals surface area contributed by atoms with Gasteiger partial charge in [-0.15, -0.1) is 0 Å². The SMILES string of the molecule is Cc1nc(NC(=S)NC2CCCCCC2)c(Br)cc1Br. The molecule has 0 bridgehead atoms. The van der Waals surface area contributed by atoms with E-state index >= 15 is 0 Å². The average Bonchev–Trinajstić information content (AvgIpc) is 2.64. The normalized spacial score (nSPS) is 16.6. The van der Waals surface area contributed by atoms with Gasteiger partial charge in [-0.05, 0) is 69.9 Å². The standard InChI is InChI=1S/C14H19Br2N3S/c1-9-11(15)8-12(16)13(17-9)19-14(20)18-10-6-4-2-3-5-7-10/h8,10H,2-7H2,1H3,(H2,17,18,19,20). The molecule has 0 atom stereocenters. The fraction of sp³-hybridized carbons (Fsp3) is 0.571. The first-order chi connectivity index (χ1) is 9.56. The van der Waals surface area contributed by atoms with Crippen molar-refractivity contribution in [2.75, 3.05) is 5.32 Å². The van der Waals surface area contributed by atoms with Gasteiger partial charge in [0.25, 0.3) is 0 Å². The van der Waals surface area contributed by atoms with Gasteiger partial charge in [0.15, 0.2) is 5.11 Å². The largest absolute Gasteiger partial charge is 0.360 e. The first-order valence-electron chi connectivity index (χ1n) is 6.96. The summed E-state index contributed by atoms with van der Waals surface area (Å²) in [6.45, 7) is 1.96. The van der Waals surface area contributed by atoms with E-state index in [1.807, 2.05) is 13.0 Å². The summed E-state index contributed by atoms with van der Waals surface area (Å²) in [7, 11) is 0. The van der Waals surface area contributed by atoms with Crippen LogP contribution in [-0.4, -0.2) is 16.1 Å². The molecular weight excluding hydrogens is 402 g/mol. The molecule has 0 radical (unpaired) electrons. The quantitative estimate of drug-likeness (QED) is 0.525. The van der Waals surface area contributed by atoms with E-state index in [9.17, 15) is 0 Å². The Morgan fingerprint density at radius 2 is 1.85 bits per heavy atom. The van der Waals surface area contributed by atoms with Crippen LogP contribution >= 0.6 is 44.1 Å². The Bertz CT molecular complexity index is 486. The van der Waals surface area contributed by atoms with Gasteiger partial charge in [0, 0.05) is 10.5 Å². The minimum Gasteiger partial charge on any atom is -0.360 e. The Morgan fingerprint density at radius 3 is 2.50 bits per heavy atom. The third-order valence-electron chi connectivity index (χ3n) is 3.53. The van der Waals surface area contributed by atoms with Gasteiger partial charge in [0.1, 0.15) is 5.82 Å². The zero-order valence-electron chi connectivity index (χ0n) is 11.5. The molecule has 2 N–H and O–H groups in total. The van der Waals surface area contributed by atoms with E-state index in [1.165, 1.54) is 38.5 Å². The number of anilines is 1. The number of thiocarbonyl (C=S) groups is 1. The van der Waals surface area contributed by atoms with E-state index in [0.29, 0.717) is 11.2 Å². The lowest BCUT2D eigenvalue weighted by Gasteiger charge is -2.19. The fourth-order valence-corrected chi connectivity index (χ4v) is 3.70. The molecule has 0 aliphatic heterocycles. The van der Waals surface area contributed by atoms with Crippen LogP contribution in [0.4, 0.5) is 5.82 Å². The van der Waals surface area contributed by atoms with Crippen molar-refractivity contribution in [1.82, 2.24) is 10.3 Å². The number of rotatable bonds is 2. The van der Waals surface area contributed by atoms with Crippen LogP contribution in [0.5, 0.6) is 0 Å².